The molecule has 0 bridgehead atoms. The smallest absolute Gasteiger partial charge is 0.228 e. The van der Waals surface area contributed by atoms with Gasteiger partial charge in [-0.2, -0.15) is 0 Å². The summed E-state index contributed by atoms with van der Waals surface area (Å²) in [5.74, 6) is -0.0879. The third-order valence-corrected chi connectivity index (χ3v) is 5.49. The van der Waals surface area contributed by atoms with Crippen LogP contribution in [0.4, 0.5) is 5.69 Å². The summed E-state index contributed by atoms with van der Waals surface area (Å²) in [6.45, 7) is 6.77. The lowest BCUT2D eigenvalue weighted by atomic mass is 9.90. The Labute approximate surface area is 143 Å². The number of hydrogen-bond acceptors (Lipinski definition) is 3. The van der Waals surface area contributed by atoms with Gasteiger partial charge in [0.25, 0.3) is 0 Å². The summed E-state index contributed by atoms with van der Waals surface area (Å²) in [6, 6.07) is 8.05. The van der Waals surface area contributed by atoms with Crippen molar-refractivity contribution in [2.45, 2.75) is 33.1 Å². The maximum atomic E-state index is 12.8. The van der Waals surface area contributed by atoms with Crippen LogP contribution in [0.15, 0.2) is 24.3 Å². The van der Waals surface area contributed by atoms with Crippen molar-refractivity contribution in [3.05, 3.63) is 29.8 Å². The number of nitrogens with zero attached hydrogens (tertiary/aromatic N) is 2. The first kappa shape index (κ1) is 17.0. The quantitative estimate of drug-likeness (QED) is 0.916. The first-order valence-electron chi connectivity index (χ1n) is 8.84. The lowest BCUT2D eigenvalue weighted by molar-refractivity contribution is -0.135. The fourth-order valence-electron chi connectivity index (χ4n) is 3.67. The molecule has 0 spiro atoms. The van der Waals surface area contributed by atoms with E-state index in [9.17, 15) is 9.59 Å². The average molecular weight is 329 g/mol. The van der Waals surface area contributed by atoms with Crippen LogP contribution in [0, 0.1) is 11.3 Å². The molecular weight excluding hydrogens is 302 g/mol. The van der Waals surface area contributed by atoms with E-state index in [4.69, 9.17) is 5.73 Å². The number of nitrogens with two attached hydrogens (primary N) is 1. The van der Waals surface area contributed by atoms with Crippen molar-refractivity contribution in [3.8, 4) is 0 Å². The monoisotopic (exact) mass is 329 g/mol. The highest BCUT2D eigenvalue weighted by molar-refractivity contribution is 6.00. The van der Waals surface area contributed by atoms with Gasteiger partial charge in [-0.05, 0) is 42.5 Å². The van der Waals surface area contributed by atoms with Gasteiger partial charge in [-0.15, -0.1) is 0 Å². The van der Waals surface area contributed by atoms with Crippen LogP contribution in [0.2, 0.25) is 0 Å². The summed E-state index contributed by atoms with van der Waals surface area (Å²) >= 11 is 0. The van der Waals surface area contributed by atoms with Gasteiger partial charge in [0.2, 0.25) is 11.8 Å². The van der Waals surface area contributed by atoms with E-state index >= 15 is 0 Å². The highest BCUT2D eigenvalue weighted by atomic mass is 16.2. The molecule has 0 saturated carbocycles. The Morgan fingerprint density at radius 1 is 1.33 bits per heavy atom. The number of carbonyl (C=O) groups is 2. The second kappa shape index (κ2) is 6.55. The number of anilines is 1. The Morgan fingerprint density at radius 2 is 2.04 bits per heavy atom. The largest absolute Gasteiger partial charge is 0.342 e. The number of benzene rings is 1. The molecule has 2 atom stereocenters. The zero-order valence-corrected chi connectivity index (χ0v) is 14.6. The van der Waals surface area contributed by atoms with Crippen LogP contribution in [-0.4, -0.2) is 42.9 Å². The van der Waals surface area contributed by atoms with E-state index in [1.807, 2.05) is 29.2 Å². The summed E-state index contributed by atoms with van der Waals surface area (Å²) < 4.78 is 0. The van der Waals surface area contributed by atoms with E-state index in [0.717, 1.165) is 25.1 Å². The van der Waals surface area contributed by atoms with Gasteiger partial charge in [0.15, 0.2) is 0 Å². The maximum absolute atomic E-state index is 12.8. The number of carbonyl (C=O) groups excluding carboxylic acids is 2. The van der Waals surface area contributed by atoms with Crippen molar-refractivity contribution in [3.63, 3.8) is 0 Å². The van der Waals surface area contributed by atoms with Crippen LogP contribution in [0.5, 0.6) is 0 Å². The minimum atomic E-state index is -0.233. The Hall–Kier alpha value is -1.88. The number of aryl methyl sites for hydroxylation is 1. The lowest BCUT2D eigenvalue weighted by Crippen LogP contribution is -2.38. The molecule has 2 aliphatic rings. The molecule has 0 aliphatic carbocycles. The van der Waals surface area contributed by atoms with Crippen molar-refractivity contribution in [1.82, 2.24) is 4.90 Å². The Bertz CT molecular complexity index is 628. The molecule has 130 valence electrons. The van der Waals surface area contributed by atoms with E-state index < -0.39 is 0 Å². The highest BCUT2D eigenvalue weighted by Gasteiger charge is 2.41. The predicted molar refractivity (Wildman–Crippen MR) is 94.6 cm³/mol. The number of likely N-dealkylation sites (tertiary alicyclic amines) is 1. The van der Waals surface area contributed by atoms with Gasteiger partial charge in [-0.1, -0.05) is 26.0 Å². The maximum Gasteiger partial charge on any atom is 0.228 e. The normalized spacial score (nSPS) is 27.1. The first-order chi connectivity index (χ1) is 11.5. The van der Waals surface area contributed by atoms with Gasteiger partial charge in [0.05, 0.1) is 5.92 Å². The molecule has 3 rings (SSSR count). The van der Waals surface area contributed by atoms with Crippen LogP contribution in [0.1, 0.15) is 32.3 Å². The molecule has 1 aromatic carbocycles. The van der Waals surface area contributed by atoms with Crippen molar-refractivity contribution in [2.24, 2.45) is 17.1 Å². The highest BCUT2D eigenvalue weighted by Crippen LogP contribution is 2.32. The minimum absolute atomic E-state index is 0.0218. The Morgan fingerprint density at radius 3 is 2.62 bits per heavy atom. The van der Waals surface area contributed by atoms with Crippen molar-refractivity contribution >= 4 is 17.5 Å². The Kier molecular flexibility index (Phi) is 4.63. The van der Waals surface area contributed by atoms with Gasteiger partial charge in [0.1, 0.15) is 0 Å². The van der Waals surface area contributed by atoms with Gasteiger partial charge in [-0.3, -0.25) is 9.59 Å². The molecule has 2 heterocycles. The molecule has 2 unspecified atom stereocenters. The summed E-state index contributed by atoms with van der Waals surface area (Å²) in [5.41, 5.74) is 7.99. The zero-order chi connectivity index (χ0) is 17.3. The van der Waals surface area contributed by atoms with Crippen LogP contribution in [-0.2, 0) is 16.0 Å². The molecule has 2 fully saturated rings. The molecule has 2 aliphatic heterocycles. The average Bonchev–Trinajstić information content (AvgIpc) is 3.18. The van der Waals surface area contributed by atoms with Crippen LogP contribution in [0.25, 0.3) is 0 Å². The molecule has 0 aromatic heterocycles. The van der Waals surface area contributed by atoms with Gasteiger partial charge in [-0.25, -0.2) is 0 Å². The summed E-state index contributed by atoms with van der Waals surface area (Å²) in [7, 11) is 0. The predicted octanol–water partition coefficient (Wildman–Crippen LogP) is 1.80. The van der Waals surface area contributed by atoms with Crippen molar-refractivity contribution in [2.75, 3.05) is 31.1 Å². The first-order valence-corrected chi connectivity index (χ1v) is 8.84. The standard InChI is InChI=1S/C19H27N3O2/c1-3-14-4-6-16(7-5-14)22-11-15(10-17(22)23)18(24)21-9-8-19(2,12-20)13-21/h4-7,15H,3,8-13,20H2,1-2H3. The molecule has 1 aromatic rings. The van der Waals surface area contributed by atoms with Gasteiger partial charge in [0, 0.05) is 31.7 Å². The van der Waals surface area contributed by atoms with Crippen LogP contribution < -0.4 is 10.6 Å². The number of amides is 2. The second-order valence-electron chi connectivity index (χ2n) is 7.45. The second-order valence-corrected chi connectivity index (χ2v) is 7.45. The van der Waals surface area contributed by atoms with E-state index in [1.54, 1.807) is 4.90 Å². The molecule has 2 amide bonds. The summed E-state index contributed by atoms with van der Waals surface area (Å²) in [5, 5.41) is 0. The fourth-order valence-corrected chi connectivity index (χ4v) is 3.67. The number of rotatable bonds is 4. The van der Waals surface area contributed by atoms with Gasteiger partial charge >= 0.3 is 0 Å². The number of hydrogen-bond donors (Lipinski definition) is 1. The van der Waals surface area contributed by atoms with E-state index in [1.165, 1.54) is 5.56 Å². The summed E-state index contributed by atoms with van der Waals surface area (Å²) in [4.78, 5) is 28.8. The third kappa shape index (κ3) is 3.18. The SMILES string of the molecule is CCc1ccc(N2CC(C(=O)N3CCC(C)(CN)C3)CC2=O)cc1. The van der Waals surface area contributed by atoms with Crippen LogP contribution >= 0.6 is 0 Å². The third-order valence-electron chi connectivity index (χ3n) is 5.49. The Balaban J connectivity index is 1.67. The molecule has 2 N–H and O–H groups in total. The molecule has 0 radical (unpaired) electrons. The zero-order valence-electron chi connectivity index (χ0n) is 14.6. The van der Waals surface area contributed by atoms with Gasteiger partial charge < -0.3 is 15.5 Å². The van der Waals surface area contributed by atoms with E-state index in [2.05, 4.69) is 13.8 Å². The molecule has 24 heavy (non-hydrogen) atoms. The molecule has 2 saturated heterocycles. The van der Waals surface area contributed by atoms with Crippen molar-refractivity contribution in [1.29, 1.82) is 0 Å². The minimum Gasteiger partial charge on any atom is -0.342 e. The molecule has 5 nitrogen and oxygen atoms in total. The summed E-state index contributed by atoms with van der Waals surface area (Å²) in [6.07, 6.45) is 2.23. The van der Waals surface area contributed by atoms with Crippen LogP contribution in [0.3, 0.4) is 0 Å². The van der Waals surface area contributed by atoms with Crippen molar-refractivity contribution < 1.29 is 9.59 Å². The lowest BCUT2D eigenvalue weighted by Gasteiger charge is -2.24. The molecular formula is C19H27N3O2. The topological polar surface area (TPSA) is 66.6 Å². The van der Waals surface area contributed by atoms with E-state index in [-0.39, 0.29) is 23.1 Å². The molecule has 5 heteroatoms. The fraction of sp³-hybridized carbons (Fsp3) is 0.579. The van der Waals surface area contributed by atoms with E-state index in [0.29, 0.717) is 26.1 Å².